The molecule has 114 valence electrons. The van der Waals surface area contributed by atoms with Crippen molar-refractivity contribution in [2.75, 3.05) is 0 Å². The number of aryl methyl sites for hydroxylation is 1. The molecule has 2 nitrogen and oxygen atoms in total. The predicted octanol–water partition coefficient (Wildman–Crippen LogP) is 5.01. The minimum atomic E-state index is -0.833. The lowest BCUT2D eigenvalue weighted by Gasteiger charge is -2.27. The Morgan fingerprint density at radius 3 is 2.57 bits per heavy atom. The highest BCUT2D eigenvalue weighted by Gasteiger charge is 2.26. The second-order valence-electron chi connectivity index (χ2n) is 6.20. The lowest BCUT2D eigenvalue weighted by atomic mass is 9.77. The molecule has 0 radical (unpaired) electrons. The van der Waals surface area contributed by atoms with Gasteiger partial charge in [0.15, 0.2) is 0 Å². The highest BCUT2D eigenvalue weighted by molar-refractivity contribution is 6.05. The van der Waals surface area contributed by atoms with Crippen LogP contribution in [0.4, 0.5) is 0 Å². The maximum atomic E-state index is 12.0. The molecule has 0 saturated carbocycles. The SMILES string of the molecule is O=C(O)c1c(C2CCCc3ccccc32)ccc2ccccc12. The average molecular weight is 302 g/mol. The van der Waals surface area contributed by atoms with Gasteiger partial charge in [-0.1, -0.05) is 60.7 Å². The van der Waals surface area contributed by atoms with Crippen molar-refractivity contribution in [1.82, 2.24) is 0 Å². The third-order valence-corrected chi connectivity index (χ3v) is 4.92. The van der Waals surface area contributed by atoms with E-state index in [1.54, 1.807) is 0 Å². The van der Waals surface area contributed by atoms with Crippen LogP contribution in [0.3, 0.4) is 0 Å². The standard InChI is InChI=1S/C21H18O2/c22-21(23)20-17-10-4-2-7-15(17)12-13-19(20)18-11-5-8-14-6-1-3-9-16(14)18/h1-4,6-7,9-10,12-13,18H,5,8,11H2,(H,22,23). The normalized spacial score (nSPS) is 17.0. The summed E-state index contributed by atoms with van der Waals surface area (Å²) in [5.74, 6) is -0.657. The maximum Gasteiger partial charge on any atom is 0.336 e. The summed E-state index contributed by atoms with van der Waals surface area (Å²) in [5.41, 5.74) is 4.05. The van der Waals surface area contributed by atoms with Gasteiger partial charge < -0.3 is 5.11 Å². The number of hydrogen-bond donors (Lipinski definition) is 1. The Morgan fingerprint density at radius 1 is 0.913 bits per heavy atom. The fraction of sp³-hybridized carbons (Fsp3) is 0.190. The summed E-state index contributed by atoms with van der Waals surface area (Å²) < 4.78 is 0. The molecule has 0 saturated heterocycles. The smallest absolute Gasteiger partial charge is 0.336 e. The van der Waals surface area contributed by atoms with Crippen LogP contribution >= 0.6 is 0 Å². The number of benzene rings is 3. The molecule has 0 amide bonds. The van der Waals surface area contributed by atoms with Gasteiger partial charge in [0, 0.05) is 5.92 Å². The molecule has 1 atom stereocenters. The summed E-state index contributed by atoms with van der Waals surface area (Å²) in [4.78, 5) is 12.0. The summed E-state index contributed by atoms with van der Waals surface area (Å²) in [5, 5.41) is 11.7. The van der Waals surface area contributed by atoms with Crippen molar-refractivity contribution in [1.29, 1.82) is 0 Å². The monoisotopic (exact) mass is 302 g/mol. The Kier molecular flexibility index (Phi) is 3.38. The van der Waals surface area contributed by atoms with E-state index in [1.165, 1.54) is 11.1 Å². The third kappa shape index (κ3) is 2.31. The number of carboxylic acid groups (broad SMARTS) is 1. The van der Waals surface area contributed by atoms with Crippen LogP contribution < -0.4 is 0 Å². The van der Waals surface area contributed by atoms with Crippen LogP contribution in [0.15, 0.2) is 60.7 Å². The molecule has 0 fully saturated rings. The number of carboxylic acids is 1. The van der Waals surface area contributed by atoms with E-state index in [0.717, 1.165) is 35.6 Å². The van der Waals surface area contributed by atoms with E-state index in [0.29, 0.717) is 5.56 Å². The zero-order chi connectivity index (χ0) is 15.8. The van der Waals surface area contributed by atoms with Crippen LogP contribution in [-0.4, -0.2) is 11.1 Å². The molecule has 0 aromatic heterocycles. The van der Waals surface area contributed by atoms with Gasteiger partial charge in [-0.15, -0.1) is 0 Å². The van der Waals surface area contributed by atoms with Crippen molar-refractivity contribution in [2.24, 2.45) is 0 Å². The highest BCUT2D eigenvalue weighted by atomic mass is 16.4. The molecular weight excluding hydrogens is 284 g/mol. The van der Waals surface area contributed by atoms with Crippen LogP contribution in [0, 0.1) is 0 Å². The fourth-order valence-corrected chi connectivity index (χ4v) is 3.89. The molecule has 3 aromatic rings. The Morgan fingerprint density at radius 2 is 1.70 bits per heavy atom. The maximum absolute atomic E-state index is 12.0. The molecule has 1 N–H and O–H groups in total. The second-order valence-corrected chi connectivity index (χ2v) is 6.20. The molecule has 1 unspecified atom stereocenters. The van der Waals surface area contributed by atoms with Crippen molar-refractivity contribution in [2.45, 2.75) is 25.2 Å². The van der Waals surface area contributed by atoms with E-state index in [4.69, 9.17) is 0 Å². The fourth-order valence-electron chi connectivity index (χ4n) is 3.89. The van der Waals surface area contributed by atoms with E-state index in [9.17, 15) is 9.90 Å². The lowest BCUT2D eigenvalue weighted by Crippen LogP contribution is -2.15. The summed E-state index contributed by atoms with van der Waals surface area (Å²) in [6.45, 7) is 0. The molecule has 1 aliphatic carbocycles. The van der Waals surface area contributed by atoms with E-state index < -0.39 is 5.97 Å². The summed E-state index contributed by atoms with van der Waals surface area (Å²) >= 11 is 0. The first kappa shape index (κ1) is 14.0. The molecule has 0 bridgehead atoms. The van der Waals surface area contributed by atoms with E-state index >= 15 is 0 Å². The van der Waals surface area contributed by atoms with E-state index in [2.05, 4.69) is 24.3 Å². The zero-order valence-electron chi connectivity index (χ0n) is 12.8. The largest absolute Gasteiger partial charge is 0.478 e. The summed E-state index contributed by atoms with van der Waals surface area (Å²) in [7, 11) is 0. The predicted molar refractivity (Wildman–Crippen MR) is 92.1 cm³/mol. The van der Waals surface area contributed by atoms with Gasteiger partial charge >= 0.3 is 5.97 Å². The quantitative estimate of drug-likeness (QED) is 0.722. The molecule has 23 heavy (non-hydrogen) atoms. The first-order chi connectivity index (χ1) is 11.3. The number of hydrogen-bond acceptors (Lipinski definition) is 1. The van der Waals surface area contributed by atoms with Gasteiger partial charge in [-0.2, -0.15) is 0 Å². The van der Waals surface area contributed by atoms with Crippen molar-refractivity contribution < 1.29 is 9.90 Å². The van der Waals surface area contributed by atoms with Crippen LogP contribution in [0.1, 0.15) is 45.8 Å². The Labute approximate surface area is 135 Å². The Hall–Kier alpha value is -2.61. The molecule has 2 heteroatoms. The Bertz CT molecular complexity index is 895. The third-order valence-electron chi connectivity index (χ3n) is 4.92. The average Bonchev–Trinajstić information content (AvgIpc) is 2.60. The number of fused-ring (bicyclic) bond motifs is 2. The van der Waals surface area contributed by atoms with Gasteiger partial charge in [0.25, 0.3) is 0 Å². The molecule has 1 aliphatic rings. The van der Waals surface area contributed by atoms with Crippen LogP contribution in [0.25, 0.3) is 10.8 Å². The molecule has 0 aliphatic heterocycles. The molecular formula is C21H18O2. The number of carbonyl (C=O) groups is 1. The molecule has 0 heterocycles. The Balaban J connectivity index is 1.97. The van der Waals surface area contributed by atoms with Gasteiger partial charge in [-0.25, -0.2) is 4.79 Å². The van der Waals surface area contributed by atoms with Gasteiger partial charge in [-0.3, -0.25) is 0 Å². The number of rotatable bonds is 2. The van der Waals surface area contributed by atoms with Crippen LogP contribution in [-0.2, 0) is 6.42 Å². The van der Waals surface area contributed by atoms with E-state index in [-0.39, 0.29) is 5.92 Å². The topological polar surface area (TPSA) is 37.3 Å². The van der Waals surface area contributed by atoms with Crippen LogP contribution in [0.5, 0.6) is 0 Å². The van der Waals surface area contributed by atoms with Crippen molar-refractivity contribution in [3.05, 3.63) is 82.9 Å². The van der Waals surface area contributed by atoms with Gasteiger partial charge in [0.2, 0.25) is 0 Å². The van der Waals surface area contributed by atoms with Gasteiger partial charge in [0.1, 0.15) is 0 Å². The first-order valence-corrected chi connectivity index (χ1v) is 8.08. The molecule has 4 rings (SSSR count). The van der Waals surface area contributed by atoms with Crippen molar-refractivity contribution in [3.63, 3.8) is 0 Å². The summed E-state index contributed by atoms with van der Waals surface area (Å²) in [6.07, 6.45) is 3.20. The zero-order valence-corrected chi connectivity index (χ0v) is 12.8. The minimum absolute atomic E-state index is 0.177. The van der Waals surface area contributed by atoms with Gasteiger partial charge in [0.05, 0.1) is 5.56 Å². The van der Waals surface area contributed by atoms with Gasteiger partial charge in [-0.05, 0) is 46.7 Å². The first-order valence-electron chi connectivity index (χ1n) is 8.08. The second kappa shape index (κ2) is 5.54. The highest BCUT2D eigenvalue weighted by Crippen LogP contribution is 2.39. The molecule has 0 spiro atoms. The van der Waals surface area contributed by atoms with Crippen molar-refractivity contribution in [3.8, 4) is 0 Å². The molecule has 3 aromatic carbocycles. The van der Waals surface area contributed by atoms with Crippen LogP contribution in [0.2, 0.25) is 0 Å². The number of aromatic carboxylic acids is 1. The van der Waals surface area contributed by atoms with E-state index in [1.807, 2.05) is 36.4 Å². The summed E-state index contributed by atoms with van der Waals surface area (Å²) in [6, 6.07) is 20.3. The lowest BCUT2D eigenvalue weighted by molar-refractivity contribution is 0.0697. The minimum Gasteiger partial charge on any atom is -0.478 e. The van der Waals surface area contributed by atoms with Crippen molar-refractivity contribution >= 4 is 16.7 Å².